The summed E-state index contributed by atoms with van der Waals surface area (Å²) in [4.78, 5) is 11.4. The molecular weight excluding hydrogens is 343 g/mol. The van der Waals surface area contributed by atoms with Crippen LogP contribution in [0.25, 0.3) is 5.69 Å². The molecule has 0 fully saturated rings. The van der Waals surface area contributed by atoms with Crippen LogP contribution in [0.4, 0.5) is 13.2 Å². The SMILES string of the molecule is CC(C)c1ccc(-n2nnnc2SCC(=O)NCC(F)(F)F)cc1. The Morgan fingerprint density at radius 1 is 1.29 bits per heavy atom. The van der Waals surface area contributed by atoms with E-state index in [1.165, 1.54) is 4.68 Å². The number of nitrogens with one attached hydrogen (secondary N) is 1. The number of alkyl halides is 3. The van der Waals surface area contributed by atoms with Gasteiger partial charge in [-0.2, -0.15) is 17.9 Å². The molecule has 0 aliphatic carbocycles. The van der Waals surface area contributed by atoms with Crippen LogP contribution in [0, 0.1) is 0 Å². The average molecular weight is 359 g/mol. The van der Waals surface area contributed by atoms with Crippen LogP contribution in [-0.4, -0.2) is 44.6 Å². The largest absolute Gasteiger partial charge is 0.405 e. The highest BCUT2D eigenvalue weighted by atomic mass is 32.2. The number of benzene rings is 1. The molecule has 0 aliphatic rings. The number of halogens is 3. The number of nitrogens with zero attached hydrogens (tertiary/aromatic N) is 4. The lowest BCUT2D eigenvalue weighted by atomic mass is 10.0. The van der Waals surface area contributed by atoms with E-state index < -0.39 is 18.6 Å². The van der Waals surface area contributed by atoms with Crippen molar-refractivity contribution in [2.45, 2.75) is 31.1 Å². The Kier molecular flexibility index (Phi) is 5.81. The smallest absolute Gasteiger partial charge is 0.346 e. The summed E-state index contributed by atoms with van der Waals surface area (Å²) >= 11 is 0.965. The fourth-order valence-electron chi connectivity index (χ4n) is 1.81. The zero-order valence-corrected chi connectivity index (χ0v) is 13.9. The molecule has 2 aromatic rings. The van der Waals surface area contributed by atoms with Crippen molar-refractivity contribution in [3.63, 3.8) is 0 Å². The van der Waals surface area contributed by atoms with E-state index in [0.29, 0.717) is 16.8 Å². The summed E-state index contributed by atoms with van der Waals surface area (Å²) in [5, 5.41) is 13.3. The van der Waals surface area contributed by atoms with E-state index in [4.69, 9.17) is 0 Å². The molecule has 24 heavy (non-hydrogen) atoms. The predicted octanol–water partition coefficient (Wildman–Crippen LogP) is 2.56. The Morgan fingerprint density at radius 2 is 1.96 bits per heavy atom. The first-order valence-electron chi connectivity index (χ1n) is 7.11. The zero-order valence-electron chi connectivity index (χ0n) is 13.0. The summed E-state index contributed by atoms with van der Waals surface area (Å²) in [5.41, 5.74) is 1.87. The van der Waals surface area contributed by atoms with Crippen molar-refractivity contribution in [1.29, 1.82) is 0 Å². The van der Waals surface area contributed by atoms with Gasteiger partial charge in [0.15, 0.2) is 0 Å². The third-order valence-electron chi connectivity index (χ3n) is 3.06. The highest BCUT2D eigenvalue weighted by molar-refractivity contribution is 7.99. The first-order chi connectivity index (χ1) is 11.3. The number of amides is 1. The number of hydrogen-bond acceptors (Lipinski definition) is 5. The molecule has 1 aromatic carbocycles. The molecule has 6 nitrogen and oxygen atoms in total. The fourth-order valence-corrected chi connectivity index (χ4v) is 2.53. The third kappa shape index (κ3) is 5.22. The van der Waals surface area contributed by atoms with Crippen LogP contribution >= 0.6 is 11.8 Å². The van der Waals surface area contributed by atoms with Gasteiger partial charge in [0.05, 0.1) is 11.4 Å². The molecule has 0 unspecified atom stereocenters. The maximum Gasteiger partial charge on any atom is 0.405 e. The minimum atomic E-state index is -4.43. The summed E-state index contributed by atoms with van der Waals surface area (Å²) in [6, 6.07) is 7.59. The number of hydrogen-bond donors (Lipinski definition) is 1. The van der Waals surface area contributed by atoms with Crippen LogP contribution in [0.15, 0.2) is 29.4 Å². The van der Waals surface area contributed by atoms with Gasteiger partial charge in [-0.1, -0.05) is 37.7 Å². The molecule has 0 saturated heterocycles. The standard InChI is InChI=1S/C14H16F3N5OS/c1-9(2)10-3-5-11(6-4-10)22-13(19-20-21-22)24-7-12(23)18-8-14(15,16)17/h3-6,9H,7-8H2,1-2H3,(H,18,23). The summed E-state index contributed by atoms with van der Waals surface area (Å²) in [6.45, 7) is 2.80. The molecule has 0 radical (unpaired) electrons. The molecule has 1 amide bonds. The number of aromatic nitrogens is 4. The van der Waals surface area contributed by atoms with Crippen LogP contribution in [0.1, 0.15) is 25.3 Å². The van der Waals surface area contributed by atoms with Crippen molar-refractivity contribution in [2.24, 2.45) is 0 Å². The molecule has 0 aliphatic heterocycles. The van der Waals surface area contributed by atoms with Crippen molar-refractivity contribution in [3.05, 3.63) is 29.8 Å². The Balaban J connectivity index is 1.99. The number of carbonyl (C=O) groups excluding carboxylic acids is 1. The Morgan fingerprint density at radius 3 is 2.54 bits per heavy atom. The van der Waals surface area contributed by atoms with Crippen LogP contribution in [0.2, 0.25) is 0 Å². The van der Waals surface area contributed by atoms with Gasteiger partial charge in [-0.15, -0.1) is 5.10 Å². The monoisotopic (exact) mass is 359 g/mol. The van der Waals surface area contributed by atoms with Gasteiger partial charge in [-0.3, -0.25) is 4.79 Å². The average Bonchev–Trinajstić information content (AvgIpc) is 2.98. The lowest BCUT2D eigenvalue weighted by Crippen LogP contribution is -2.34. The number of rotatable bonds is 6. The molecule has 1 aromatic heterocycles. The molecule has 0 saturated carbocycles. The van der Waals surface area contributed by atoms with Crippen molar-refractivity contribution >= 4 is 17.7 Å². The molecule has 1 N–H and O–H groups in total. The van der Waals surface area contributed by atoms with Crippen molar-refractivity contribution in [1.82, 2.24) is 25.5 Å². The van der Waals surface area contributed by atoms with Crippen LogP contribution < -0.4 is 5.32 Å². The zero-order chi connectivity index (χ0) is 17.7. The minimum absolute atomic E-state index is 0.208. The van der Waals surface area contributed by atoms with Crippen molar-refractivity contribution in [2.75, 3.05) is 12.3 Å². The van der Waals surface area contributed by atoms with Gasteiger partial charge in [0.1, 0.15) is 6.54 Å². The van der Waals surface area contributed by atoms with E-state index in [1.807, 2.05) is 24.3 Å². The number of carbonyl (C=O) groups is 1. The maximum absolute atomic E-state index is 12.0. The molecule has 0 bridgehead atoms. The fraction of sp³-hybridized carbons (Fsp3) is 0.429. The van der Waals surface area contributed by atoms with E-state index in [1.54, 1.807) is 5.32 Å². The molecule has 0 spiro atoms. The molecule has 1 heterocycles. The van der Waals surface area contributed by atoms with Gasteiger partial charge >= 0.3 is 6.18 Å². The van der Waals surface area contributed by atoms with E-state index in [-0.39, 0.29) is 5.75 Å². The van der Waals surface area contributed by atoms with Gasteiger partial charge in [-0.05, 0) is 34.0 Å². The first kappa shape index (κ1) is 18.2. The molecule has 10 heteroatoms. The Hall–Kier alpha value is -2.10. The van der Waals surface area contributed by atoms with Crippen molar-refractivity contribution < 1.29 is 18.0 Å². The van der Waals surface area contributed by atoms with E-state index in [0.717, 1.165) is 17.3 Å². The predicted molar refractivity (Wildman–Crippen MR) is 83.0 cm³/mol. The second kappa shape index (κ2) is 7.65. The van der Waals surface area contributed by atoms with Gasteiger partial charge in [0.25, 0.3) is 0 Å². The van der Waals surface area contributed by atoms with Crippen LogP contribution in [0.3, 0.4) is 0 Å². The number of tetrazole rings is 1. The minimum Gasteiger partial charge on any atom is -0.346 e. The van der Waals surface area contributed by atoms with Crippen LogP contribution in [-0.2, 0) is 4.79 Å². The van der Waals surface area contributed by atoms with Gasteiger partial charge in [0.2, 0.25) is 11.1 Å². The first-order valence-corrected chi connectivity index (χ1v) is 8.10. The highest BCUT2D eigenvalue weighted by Crippen LogP contribution is 2.21. The highest BCUT2D eigenvalue weighted by Gasteiger charge is 2.27. The molecule has 0 atom stereocenters. The van der Waals surface area contributed by atoms with Gasteiger partial charge in [-0.25, -0.2) is 0 Å². The van der Waals surface area contributed by atoms with Crippen LogP contribution in [0.5, 0.6) is 0 Å². The molecule has 130 valence electrons. The summed E-state index contributed by atoms with van der Waals surface area (Å²) < 4.78 is 37.6. The van der Waals surface area contributed by atoms with E-state index >= 15 is 0 Å². The summed E-state index contributed by atoms with van der Waals surface area (Å²) in [5.74, 6) is -0.554. The second-order valence-electron chi connectivity index (χ2n) is 5.30. The second-order valence-corrected chi connectivity index (χ2v) is 6.24. The normalized spacial score (nSPS) is 11.8. The van der Waals surface area contributed by atoms with Gasteiger partial charge < -0.3 is 5.32 Å². The number of thioether (sulfide) groups is 1. The topological polar surface area (TPSA) is 72.7 Å². The lowest BCUT2D eigenvalue weighted by molar-refractivity contribution is -0.136. The van der Waals surface area contributed by atoms with Crippen molar-refractivity contribution in [3.8, 4) is 5.69 Å². The maximum atomic E-state index is 12.0. The summed E-state index contributed by atoms with van der Waals surface area (Å²) in [7, 11) is 0. The molecular formula is C14H16F3N5OS. The Labute approximate surface area is 140 Å². The summed E-state index contributed by atoms with van der Waals surface area (Å²) in [6.07, 6.45) is -4.43. The van der Waals surface area contributed by atoms with E-state index in [9.17, 15) is 18.0 Å². The lowest BCUT2D eigenvalue weighted by Gasteiger charge is -2.09. The quantitative estimate of drug-likeness (QED) is 0.803. The van der Waals surface area contributed by atoms with Gasteiger partial charge in [0, 0.05) is 0 Å². The van der Waals surface area contributed by atoms with E-state index in [2.05, 4.69) is 29.4 Å². The third-order valence-corrected chi connectivity index (χ3v) is 3.98. The Bertz CT molecular complexity index is 684. The molecule has 2 rings (SSSR count).